The molecule has 0 heterocycles. The van der Waals surface area contributed by atoms with Crippen LogP contribution in [-0.4, -0.2) is 0 Å². The second kappa shape index (κ2) is 4.85. The third kappa shape index (κ3) is 2.91. The molecule has 0 aliphatic heterocycles. The summed E-state index contributed by atoms with van der Waals surface area (Å²) < 4.78 is 0. The lowest BCUT2D eigenvalue weighted by Crippen LogP contribution is -1.97. The average molecular weight is 189 g/mol. The van der Waals surface area contributed by atoms with Gasteiger partial charge in [-0.15, -0.1) is 0 Å². The molecule has 0 atom stereocenters. The highest BCUT2D eigenvalue weighted by Gasteiger charge is 1.97. The summed E-state index contributed by atoms with van der Waals surface area (Å²) in [4.78, 5) is 0. The van der Waals surface area contributed by atoms with E-state index in [-0.39, 0.29) is 0 Å². The first-order chi connectivity index (χ1) is 6.63. The van der Waals surface area contributed by atoms with Crippen LogP contribution in [0.3, 0.4) is 0 Å². The van der Waals surface area contributed by atoms with Gasteiger partial charge < -0.3 is 5.73 Å². The third-order valence-electron chi connectivity index (χ3n) is 2.21. The van der Waals surface area contributed by atoms with Gasteiger partial charge in [0.2, 0.25) is 0 Å². The zero-order chi connectivity index (χ0) is 10.6. The van der Waals surface area contributed by atoms with Crippen molar-refractivity contribution in [1.82, 2.24) is 0 Å². The fraction of sp³-hybridized carbons (Fsp3) is 0.385. The molecule has 1 nitrogen and oxygen atoms in total. The Balaban J connectivity index is 2.95. The summed E-state index contributed by atoms with van der Waals surface area (Å²) in [6, 6.07) is 6.43. The number of rotatable bonds is 3. The molecule has 1 heteroatoms. The molecule has 0 saturated heterocycles. The molecular weight excluding hydrogens is 170 g/mol. The van der Waals surface area contributed by atoms with E-state index in [0.717, 1.165) is 24.1 Å². The quantitative estimate of drug-likeness (QED) is 0.774. The summed E-state index contributed by atoms with van der Waals surface area (Å²) in [6.07, 6.45) is 4.30. The lowest BCUT2D eigenvalue weighted by Gasteiger charge is -2.05. The van der Waals surface area contributed by atoms with Crippen LogP contribution in [0.5, 0.6) is 0 Å². The van der Waals surface area contributed by atoms with Crippen molar-refractivity contribution in [1.29, 1.82) is 0 Å². The first-order valence-electron chi connectivity index (χ1n) is 5.17. The van der Waals surface area contributed by atoms with E-state index in [1.807, 2.05) is 0 Å². The molecule has 14 heavy (non-hydrogen) atoms. The third-order valence-corrected chi connectivity index (χ3v) is 2.21. The van der Waals surface area contributed by atoms with Gasteiger partial charge in [0.05, 0.1) is 0 Å². The van der Waals surface area contributed by atoms with Gasteiger partial charge in [-0.25, -0.2) is 0 Å². The fourth-order valence-corrected chi connectivity index (χ4v) is 1.56. The summed E-state index contributed by atoms with van der Waals surface area (Å²) in [7, 11) is 0. The second-order valence-corrected chi connectivity index (χ2v) is 3.82. The van der Waals surface area contributed by atoms with Gasteiger partial charge in [0.1, 0.15) is 0 Å². The predicted octanol–water partition coefficient (Wildman–Crippen LogP) is 3.40. The maximum atomic E-state index is 5.98. The van der Waals surface area contributed by atoms with Crippen LogP contribution in [0.2, 0.25) is 0 Å². The Hall–Kier alpha value is -1.24. The standard InChI is InChI=1S/C13H19N/c1-4-5-6-13(14)12-8-10(2)7-11(3)9-12/h6-9H,4-5,14H2,1-3H3. The molecule has 1 aromatic rings. The number of hydrogen-bond donors (Lipinski definition) is 1. The van der Waals surface area contributed by atoms with Gasteiger partial charge in [-0.1, -0.05) is 36.6 Å². The molecule has 0 spiro atoms. The van der Waals surface area contributed by atoms with Gasteiger partial charge in [0, 0.05) is 5.70 Å². The minimum Gasteiger partial charge on any atom is -0.399 e. The molecule has 0 fully saturated rings. The summed E-state index contributed by atoms with van der Waals surface area (Å²) in [5, 5.41) is 0. The number of allylic oxidation sites excluding steroid dienone is 1. The highest BCUT2D eigenvalue weighted by atomic mass is 14.6. The van der Waals surface area contributed by atoms with Crippen molar-refractivity contribution in [3.8, 4) is 0 Å². The van der Waals surface area contributed by atoms with E-state index < -0.39 is 0 Å². The summed E-state index contributed by atoms with van der Waals surface area (Å²) >= 11 is 0. The Morgan fingerprint density at radius 2 is 1.79 bits per heavy atom. The average Bonchev–Trinajstić information content (AvgIpc) is 2.12. The molecule has 76 valence electrons. The van der Waals surface area contributed by atoms with E-state index >= 15 is 0 Å². The number of hydrogen-bond acceptors (Lipinski definition) is 1. The van der Waals surface area contributed by atoms with Crippen molar-refractivity contribution in [3.05, 3.63) is 41.0 Å². The van der Waals surface area contributed by atoms with Crippen molar-refractivity contribution in [3.63, 3.8) is 0 Å². The van der Waals surface area contributed by atoms with Crippen LogP contribution in [0.1, 0.15) is 36.5 Å². The Morgan fingerprint density at radius 1 is 1.21 bits per heavy atom. The zero-order valence-electron chi connectivity index (χ0n) is 9.30. The van der Waals surface area contributed by atoms with Crippen molar-refractivity contribution >= 4 is 5.70 Å². The lowest BCUT2D eigenvalue weighted by molar-refractivity contribution is 0.958. The molecule has 0 aliphatic rings. The van der Waals surface area contributed by atoms with Gasteiger partial charge in [0.15, 0.2) is 0 Å². The molecule has 0 bridgehead atoms. The Bertz CT molecular complexity index is 317. The van der Waals surface area contributed by atoms with E-state index in [2.05, 4.69) is 45.0 Å². The first-order valence-corrected chi connectivity index (χ1v) is 5.17. The van der Waals surface area contributed by atoms with Crippen molar-refractivity contribution in [2.24, 2.45) is 5.73 Å². The van der Waals surface area contributed by atoms with E-state index in [1.165, 1.54) is 11.1 Å². The maximum absolute atomic E-state index is 5.98. The molecule has 0 aromatic heterocycles. The first kappa shape index (κ1) is 10.8. The molecule has 2 N–H and O–H groups in total. The van der Waals surface area contributed by atoms with Crippen molar-refractivity contribution < 1.29 is 0 Å². The highest BCUT2D eigenvalue weighted by molar-refractivity contribution is 5.63. The molecule has 0 unspecified atom stereocenters. The van der Waals surface area contributed by atoms with Gasteiger partial charge in [-0.3, -0.25) is 0 Å². The van der Waals surface area contributed by atoms with Crippen LogP contribution in [0.25, 0.3) is 5.70 Å². The molecule has 0 saturated carbocycles. The molecule has 0 amide bonds. The summed E-state index contributed by atoms with van der Waals surface area (Å²) in [5.41, 5.74) is 10.6. The smallest absolute Gasteiger partial charge is 0.0347 e. The van der Waals surface area contributed by atoms with Crippen molar-refractivity contribution in [2.75, 3.05) is 0 Å². The van der Waals surface area contributed by atoms with Crippen LogP contribution >= 0.6 is 0 Å². The second-order valence-electron chi connectivity index (χ2n) is 3.82. The van der Waals surface area contributed by atoms with E-state index in [0.29, 0.717) is 0 Å². The predicted molar refractivity (Wildman–Crippen MR) is 63.0 cm³/mol. The van der Waals surface area contributed by atoms with Gasteiger partial charge in [-0.05, 0) is 38.0 Å². The fourth-order valence-electron chi connectivity index (χ4n) is 1.56. The normalized spacial score (nSPS) is 11.8. The van der Waals surface area contributed by atoms with E-state index in [4.69, 9.17) is 5.73 Å². The Labute approximate surface area is 86.6 Å². The largest absolute Gasteiger partial charge is 0.399 e. The number of unbranched alkanes of at least 4 members (excludes halogenated alkanes) is 1. The van der Waals surface area contributed by atoms with Crippen LogP contribution < -0.4 is 5.73 Å². The van der Waals surface area contributed by atoms with Crippen molar-refractivity contribution in [2.45, 2.75) is 33.6 Å². The van der Waals surface area contributed by atoms with Gasteiger partial charge in [-0.2, -0.15) is 0 Å². The minimum atomic E-state index is 0.902. The van der Waals surface area contributed by atoms with Crippen LogP contribution in [0, 0.1) is 13.8 Å². The van der Waals surface area contributed by atoms with Crippen LogP contribution in [-0.2, 0) is 0 Å². The highest BCUT2D eigenvalue weighted by Crippen LogP contribution is 2.14. The van der Waals surface area contributed by atoms with Crippen LogP contribution in [0.4, 0.5) is 0 Å². The Kier molecular flexibility index (Phi) is 3.75. The minimum absolute atomic E-state index is 0.902. The number of benzene rings is 1. The molecule has 0 aliphatic carbocycles. The van der Waals surface area contributed by atoms with E-state index in [9.17, 15) is 0 Å². The SMILES string of the molecule is CCCC=C(N)c1cc(C)cc(C)c1. The monoisotopic (exact) mass is 189 g/mol. The number of aryl methyl sites for hydroxylation is 2. The molecule has 1 rings (SSSR count). The molecular formula is C13H19N. The molecule has 0 radical (unpaired) electrons. The van der Waals surface area contributed by atoms with Gasteiger partial charge in [0.25, 0.3) is 0 Å². The topological polar surface area (TPSA) is 26.0 Å². The Morgan fingerprint density at radius 3 is 2.29 bits per heavy atom. The lowest BCUT2D eigenvalue weighted by atomic mass is 10.0. The maximum Gasteiger partial charge on any atom is 0.0347 e. The summed E-state index contributed by atoms with van der Waals surface area (Å²) in [5.74, 6) is 0. The van der Waals surface area contributed by atoms with E-state index in [1.54, 1.807) is 0 Å². The zero-order valence-corrected chi connectivity index (χ0v) is 9.30. The molecule has 1 aromatic carbocycles. The van der Waals surface area contributed by atoms with Gasteiger partial charge >= 0.3 is 0 Å². The van der Waals surface area contributed by atoms with Crippen LogP contribution in [0.15, 0.2) is 24.3 Å². The number of nitrogens with two attached hydrogens (primary N) is 1. The summed E-state index contributed by atoms with van der Waals surface area (Å²) in [6.45, 7) is 6.36.